The molecule has 60 valence electrons. The van der Waals surface area contributed by atoms with Crippen LogP contribution in [0.1, 0.15) is 6.92 Å². The van der Waals surface area contributed by atoms with Gasteiger partial charge in [0, 0.05) is 13.5 Å². The van der Waals surface area contributed by atoms with Crippen molar-refractivity contribution in [2.75, 3.05) is 6.54 Å². The molecule has 0 aromatic rings. The van der Waals surface area contributed by atoms with E-state index in [-0.39, 0.29) is 18.5 Å². The summed E-state index contributed by atoms with van der Waals surface area (Å²) in [6.07, 6.45) is 0. The first-order valence-electron chi connectivity index (χ1n) is 2.87. The summed E-state index contributed by atoms with van der Waals surface area (Å²) < 4.78 is -0.619. The number of aliphatic hydroxyl groups excluding tert-OH is 1. The van der Waals surface area contributed by atoms with Crippen LogP contribution in [-0.2, 0) is 4.79 Å². The van der Waals surface area contributed by atoms with Gasteiger partial charge in [-0.25, -0.2) is 0 Å². The molecule has 10 heavy (non-hydrogen) atoms. The van der Waals surface area contributed by atoms with E-state index in [4.69, 9.17) is 10.8 Å². The molecular weight excluding hydrogens is 247 g/mol. The van der Waals surface area contributed by atoms with Crippen LogP contribution in [0.25, 0.3) is 0 Å². The Kier molecular flexibility index (Phi) is 4.92. The standard InChI is InChI=1S/C5H11IN2O2/c1-3(9)8-4(2-7)5(6)10/h4-5,10H,2,7H2,1H3,(H,8,9). The van der Waals surface area contributed by atoms with Crippen molar-refractivity contribution < 1.29 is 9.90 Å². The van der Waals surface area contributed by atoms with E-state index in [0.29, 0.717) is 0 Å². The molecule has 0 spiro atoms. The summed E-state index contributed by atoms with van der Waals surface area (Å²) in [5, 5.41) is 11.5. The Balaban J connectivity index is 3.71. The van der Waals surface area contributed by atoms with Gasteiger partial charge < -0.3 is 16.2 Å². The third-order valence-electron chi connectivity index (χ3n) is 0.975. The van der Waals surface area contributed by atoms with Gasteiger partial charge in [0.2, 0.25) is 5.91 Å². The lowest BCUT2D eigenvalue weighted by Gasteiger charge is -2.16. The molecule has 0 rings (SSSR count). The Bertz CT molecular complexity index is 118. The minimum Gasteiger partial charge on any atom is -0.381 e. The molecule has 2 atom stereocenters. The van der Waals surface area contributed by atoms with Crippen LogP contribution < -0.4 is 11.1 Å². The van der Waals surface area contributed by atoms with Crippen molar-refractivity contribution >= 4 is 28.5 Å². The van der Waals surface area contributed by atoms with Crippen LogP contribution in [0.4, 0.5) is 0 Å². The van der Waals surface area contributed by atoms with Crippen molar-refractivity contribution in [1.82, 2.24) is 5.32 Å². The lowest BCUT2D eigenvalue weighted by atomic mass is 10.3. The number of amides is 1. The van der Waals surface area contributed by atoms with E-state index in [1.807, 2.05) is 0 Å². The number of aliphatic hydroxyl groups is 1. The third-order valence-corrected chi connectivity index (χ3v) is 1.84. The monoisotopic (exact) mass is 258 g/mol. The molecule has 5 heteroatoms. The number of hydrogen-bond acceptors (Lipinski definition) is 3. The molecule has 4 nitrogen and oxygen atoms in total. The van der Waals surface area contributed by atoms with Crippen molar-refractivity contribution in [2.24, 2.45) is 5.73 Å². The first-order valence-corrected chi connectivity index (χ1v) is 4.11. The van der Waals surface area contributed by atoms with Crippen molar-refractivity contribution in [3.05, 3.63) is 0 Å². The largest absolute Gasteiger partial charge is 0.381 e. The van der Waals surface area contributed by atoms with Crippen LogP contribution in [0, 0.1) is 0 Å². The Hall–Kier alpha value is 0.120. The van der Waals surface area contributed by atoms with Gasteiger partial charge in [0.25, 0.3) is 0 Å². The number of hydrogen-bond donors (Lipinski definition) is 3. The van der Waals surface area contributed by atoms with Crippen LogP contribution in [-0.4, -0.2) is 27.7 Å². The zero-order valence-electron chi connectivity index (χ0n) is 5.67. The van der Waals surface area contributed by atoms with E-state index in [1.54, 1.807) is 22.6 Å². The molecule has 0 aliphatic heterocycles. The summed E-state index contributed by atoms with van der Waals surface area (Å²) in [6, 6.07) is -0.335. The predicted octanol–water partition coefficient (Wildman–Crippen LogP) is -0.797. The molecule has 0 saturated heterocycles. The van der Waals surface area contributed by atoms with Crippen LogP contribution in [0.2, 0.25) is 0 Å². The quantitative estimate of drug-likeness (QED) is 0.458. The second-order valence-electron chi connectivity index (χ2n) is 1.92. The lowest BCUT2D eigenvalue weighted by molar-refractivity contribution is -0.119. The highest BCUT2D eigenvalue weighted by Gasteiger charge is 2.14. The summed E-state index contributed by atoms with van der Waals surface area (Å²) in [5.74, 6) is -0.175. The molecule has 0 heterocycles. The molecule has 0 aromatic carbocycles. The molecule has 0 fully saturated rings. The third kappa shape index (κ3) is 4.02. The average molecular weight is 258 g/mol. The fraction of sp³-hybridized carbons (Fsp3) is 0.800. The molecule has 0 bridgehead atoms. The minimum atomic E-state index is -0.619. The van der Waals surface area contributed by atoms with Crippen LogP contribution in [0.5, 0.6) is 0 Å². The van der Waals surface area contributed by atoms with E-state index < -0.39 is 4.11 Å². The second-order valence-corrected chi connectivity index (χ2v) is 3.19. The molecule has 1 amide bonds. The number of nitrogens with two attached hydrogens (primary N) is 1. The van der Waals surface area contributed by atoms with Crippen molar-refractivity contribution in [3.8, 4) is 0 Å². The summed E-state index contributed by atoms with van der Waals surface area (Å²) >= 11 is 1.80. The van der Waals surface area contributed by atoms with E-state index >= 15 is 0 Å². The van der Waals surface area contributed by atoms with E-state index in [2.05, 4.69) is 5.32 Å². The molecule has 0 aliphatic rings. The van der Waals surface area contributed by atoms with Crippen LogP contribution in [0.3, 0.4) is 0 Å². The Morgan fingerprint density at radius 2 is 2.40 bits per heavy atom. The highest BCUT2D eigenvalue weighted by molar-refractivity contribution is 14.1. The summed E-state index contributed by atoms with van der Waals surface area (Å²) in [6.45, 7) is 1.64. The fourth-order valence-corrected chi connectivity index (χ4v) is 0.974. The van der Waals surface area contributed by atoms with Gasteiger partial charge in [-0.05, 0) is 22.6 Å². The van der Waals surface area contributed by atoms with Gasteiger partial charge in [-0.1, -0.05) is 0 Å². The maximum absolute atomic E-state index is 10.4. The van der Waals surface area contributed by atoms with Crippen LogP contribution >= 0.6 is 22.6 Å². The van der Waals surface area contributed by atoms with Gasteiger partial charge in [0.05, 0.1) is 6.04 Å². The molecule has 2 unspecified atom stereocenters. The number of alkyl halides is 1. The maximum atomic E-state index is 10.4. The number of rotatable bonds is 3. The van der Waals surface area contributed by atoms with Crippen molar-refractivity contribution in [2.45, 2.75) is 17.1 Å². The molecular formula is C5H11IN2O2. The number of carbonyl (C=O) groups excluding carboxylic acids is 1. The smallest absolute Gasteiger partial charge is 0.217 e. The second kappa shape index (κ2) is 4.86. The highest BCUT2D eigenvalue weighted by atomic mass is 127. The highest BCUT2D eigenvalue weighted by Crippen LogP contribution is 2.00. The van der Waals surface area contributed by atoms with Gasteiger partial charge in [0.1, 0.15) is 4.11 Å². The molecule has 0 saturated carbocycles. The topological polar surface area (TPSA) is 75.4 Å². The van der Waals surface area contributed by atoms with Gasteiger partial charge in [-0.2, -0.15) is 0 Å². The Labute approximate surface area is 73.3 Å². The first kappa shape index (κ1) is 10.1. The Morgan fingerprint density at radius 1 is 1.90 bits per heavy atom. The van der Waals surface area contributed by atoms with Crippen molar-refractivity contribution in [3.63, 3.8) is 0 Å². The van der Waals surface area contributed by atoms with Gasteiger partial charge in [-0.3, -0.25) is 4.79 Å². The SMILES string of the molecule is CC(=O)NC(CN)C(O)I. The number of halogens is 1. The van der Waals surface area contributed by atoms with Gasteiger partial charge in [0.15, 0.2) is 0 Å². The molecule has 4 N–H and O–H groups in total. The van der Waals surface area contributed by atoms with Gasteiger partial charge in [-0.15, -0.1) is 0 Å². The van der Waals surface area contributed by atoms with Gasteiger partial charge >= 0.3 is 0 Å². The minimum absolute atomic E-state index is 0.175. The fourth-order valence-electron chi connectivity index (χ4n) is 0.501. The normalized spacial score (nSPS) is 16.0. The maximum Gasteiger partial charge on any atom is 0.217 e. The summed E-state index contributed by atoms with van der Waals surface area (Å²) in [5.41, 5.74) is 5.24. The summed E-state index contributed by atoms with van der Waals surface area (Å²) in [7, 11) is 0. The van der Waals surface area contributed by atoms with Crippen molar-refractivity contribution in [1.29, 1.82) is 0 Å². The lowest BCUT2D eigenvalue weighted by Crippen LogP contribution is -2.44. The number of nitrogens with one attached hydrogen (secondary N) is 1. The van der Waals surface area contributed by atoms with E-state index in [0.717, 1.165) is 0 Å². The first-order chi connectivity index (χ1) is 4.57. The Morgan fingerprint density at radius 3 is 2.50 bits per heavy atom. The zero-order chi connectivity index (χ0) is 8.15. The molecule has 0 aromatic heterocycles. The molecule has 0 radical (unpaired) electrons. The van der Waals surface area contributed by atoms with Crippen LogP contribution in [0.15, 0.2) is 0 Å². The average Bonchev–Trinajstić information content (AvgIpc) is 1.81. The predicted molar refractivity (Wildman–Crippen MR) is 46.7 cm³/mol. The van der Waals surface area contributed by atoms with E-state index in [9.17, 15) is 4.79 Å². The number of carbonyl (C=O) groups is 1. The molecule has 0 aliphatic carbocycles. The zero-order valence-corrected chi connectivity index (χ0v) is 7.83. The van der Waals surface area contributed by atoms with E-state index in [1.165, 1.54) is 6.92 Å². The summed E-state index contributed by atoms with van der Waals surface area (Å²) in [4.78, 5) is 10.4.